The number of methoxy groups -OCH3 is 3. The van der Waals surface area contributed by atoms with Crippen molar-refractivity contribution in [3.05, 3.63) is 42.0 Å². The molecule has 0 saturated heterocycles. The molecule has 1 N–H and O–H groups in total. The van der Waals surface area contributed by atoms with Gasteiger partial charge in [-0.3, -0.25) is 5.10 Å². The number of nitrogens with zero attached hydrogens (tertiary/aromatic N) is 2. The van der Waals surface area contributed by atoms with Gasteiger partial charge in [-0.1, -0.05) is 42.8 Å². The fraction of sp³-hybridized carbons (Fsp3) is 0.333. The van der Waals surface area contributed by atoms with E-state index < -0.39 is 0 Å². The van der Waals surface area contributed by atoms with E-state index in [2.05, 4.69) is 46.6 Å². The van der Waals surface area contributed by atoms with E-state index in [1.54, 1.807) is 27.4 Å². The summed E-state index contributed by atoms with van der Waals surface area (Å²) in [5.41, 5.74) is 4.68. The van der Waals surface area contributed by atoms with Crippen molar-refractivity contribution in [2.24, 2.45) is 0 Å². The Morgan fingerprint density at radius 3 is 2.19 bits per heavy atom. The molecule has 0 atom stereocenters. The lowest BCUT2D eigenvalue weighted by molar-refractivity contribution is 0.349. The summed E-state index contributed by atoms with van der Waals surface area (Å²) < 4.78 is 16.3. The summed E-state index contributed by atoms with van der Waals surface area (Å²) in [7, 11) is 4.82. The van der Waals surface area contributed by atoms with E-state index in [0.717, 1.165) is 23.2 Å². The van der Waals surface area contributed by atoms with Crippen molar-refractivity contribution in [1.29, 1.82) is 0 Å². The van der Waals surface area contributed by atoms with Gasteiger partial charge in [0.2, 0.25) is 0 Å². The van der Waals surface area contributed by atoms with Crippen LogP contribution < -0.4 is 14.2 Å². The van der Waals surface area contributed by atoms with E-state index in [0.29, 0.717) is 22.9 Å². The largest absolute Gasteiger partial charge is 0.496 e. The first-order valence-corrected chi connectivity index (χ1v) is 9.02. The molecular formula is C21H25N3O3. The number of aromatic nitrogens is 3. The normalized spacial score (nSPS) is 10.7. The van der Waals surface area contributed by atoms with E-state index >= 15 is 0 Å². The summed E-state index contributed by atoms with van der Waals surface area (Å²) in [6.07, 6.45) is 3.48. The zero-order valence-corrected chi connectivity index (χ0v) is 16.2. The number of hydrogen-bond donors (Lipinski definition) is 1. The molecule has 0 aliphatic carbocycles. The van der Waals surface area contributed by atoms with Crippen molar-refractivity contribution in [2.45, 2.75) is 26.2 Å². The second-order valence-corrected chi connectivity index (χ2v) is 6.24. The maximum Gasteiger partial charge on any atom is 0.164 e. The predicted octanol–water partition coefficient (Wildman–Crippen LogP) is 4.51. The van der Waals surface area contributed by atoms with Gasteiger partial charge in [-0.2, -0.15) is 0 Å². The fourth-order valence-electron chi connectivity index (χ4n) is 3.05. The number of aryl methyl sites for hydroxylation is 1. The number of nitrogens with one attached hydrogen (secondary N) is 1. The molecule has 1 heterocycles. The molecular weight excluding hydrogens is 342 g/mol. The highest BCUT2D eigenvalue weighted by atomic mass is 16.5. The summed E-state index contributed by atoms with van der Waals surface area (Å²) in [5, 5.41) is 11.3. The highest BCUT2D eigenvalue weighted by Crippen LogP contribution is 2.41. The molecule has 6 heteroatoms. The fourth-order valence-corrected chi connectivity index (χ4v) is 3.05. The third-order valence-corrected chi connectivity index (χ3v) is 4.57. The molecule has 0 bridgehead atoms. The van der Waals surface area contributed by atoms with E-state index in [-0.39, 0.29) is 0 Å². The standard InChI is InChI=1S/C21H25N3O3/c1-5-6-7-14-8-10-15(11-9-14)20-21(23-24-22-20)16-12-18(26-3)19(27-4)13-17(16)25-2/h8-13H,5-7H2,1-4H3,(H,22,23,24). The number of benzene rings is 2. The van der Waals surface area contributed by atoms with Crippen LogP contribution in [0.2, 0.25) is 0 Å². The van der Waals surface area contributed by atoms with Crippen LogP contribution in [0, 0.1) is 0 Å². The maximum absolute atomic E-state index is 5.55. The molecule has 0 fully saturated rings. The van der Waals surface area contributed by atoms with Gasteiger partial charge in [-0.15, -0.1) is 5.10 Å². The van der Waals surface area contributed by atoms with Crippen molar-refractivity contribution >= 4 is 0 Å². The zero-order chi connectivity index (χ0) is 19.2. The number of unbranched alkanes of at least 4 members (excludes halogenated alkanes) is 1. The number of aromatic amines is 1. The molecule has 142 valence electrons. The van der Waals surface area contributed by atoms with Gasteiger partial charge >= 0.3 is 0 Å². The van der Waals surface area contributed by atoms with Gasteiger partial charge in [0.25, 0.3) is 0 Å². The molecule has 27 heavy (non-hydrogen) atoms. The summed E-state index contributed by atoms with van der Waals surface area (Å²) in [4.78, 5) is 0. The summed E-state index contributed by atoms with van der Waals surface area (Å²) in [6, 6.07) is 12.1. The SMILES string of the molecule is CCCCc1ccc(-c2[nH]nnc2-c2cc(OC)c(OC)cc2OC)cc1. The molecule has 0 aliphatic heterocycles. The average molecular weight is 367 g/mol. The van der Waals surface area contributed by atoms with Gasteiger partial charge in [-0.25, -0.2) is 0 Å². The van der Waals surface area contributed by atoms with Crippen molar-refractivity contribution in [1.82, 2.24) is 15.4 Å². The molecule has 3 rings (SSSR count). The van der Waals surface area contributed by atoms with Gasteiger partial charge in [0, 0.05) is 11.6 Å². The van der Waals surface area contributed by atoms with Crippen molar-refractivity contribution in [3.63, 3.8) is 0 Å². The quantitative estimate of drug-likeness (QED) is 0.634. The van der Waals surface area contributed by atoms with Crippen LogP contribution in [-0.2, 0) is 6.42 Å². The van der Waals surface area contributed by atoms with E-state index in [9.17, 15) is 0 Å². The molecule has 0 radical (unpaired) electrons. The lowest BCUT2D eigenvalue weighted by Crippen LogP contribution is -1.96. The third kappa shape index (κ3) is 3.89. The molecule has 0 amide bonds. The third-order valence-electron chi connectivity index (χ3n) is 4.57. The van der Waals surface area contributed by atoms with Crippen LogP contribution >= 0.6 is 0 Å². The van der Waals surface area contributed by atoms with Crippen LogP contribution in [0.3, 0.4) is 0 Å². The highest BCUT2D eigenvalue weighted by Gasteiger charge is 2.19. The average Bonchev–Trinajstić information content (AvgIpc) is 3.21. The van der Waals surface area contributed by atoms with Crippen molar-refractivity contribution in [2.75, 3.05) is 21.3 Å². The predicted molar refractivity (Wildman–Crippen MR) is 106 cm³/mol. The Bertz CT molecular complexity index is 888. The van der Waals surface area contributed by atoms with Gasteiger partial charge in [-0.05, 0) is 24.5 Å². The topological polar surface area (TPSA) is 69.3 Å². The lowest BCUT2D eigenvalue weighted by atomic mass is 10.0. The second kappa shape index (κ2) is 8.58. The van der Waals surface area contributed by atoms with E-state index in [4.69, 9.17) is 14.2 Å². The van der Waals surface area contributed by atoms with Gasteiger partial charge < -0.3 is 14.2 Å². The Kier molecular flexibility index (Phi) is 5.96. The minimum Gasteiger partial charge on any atom is -0.496 e. The number of rotatable bonds is 8. The van der Waals surface area contributed by atoms with Crippen LogP contribution in [0.4, 0.5) is 0 Å². The highest BCUT2D eigenvalue weighted by molar-refractivity contribution is 5.82. The zero-order valence-electron chi connectivity index (χ0n) is 16.2. The van der Waals surface area contributed by atoms with Crippen LogP contribution in [0.15, 0.2) is 36.4 Å². The minimum atomic E-state index is 0.600. The Morgan fingerprint density at radius 1 is 0.889 bits per heavy atom. The number of H-pyrrole nitrogens is 1. The molecule has 0 saturated carbocycles. The van der Waals surface area contributed by atoms with E-state index in [1.165, 1.54) is 18.4 Å². The maximum atomic E-state index is 5.55. The molecule has 0 aliphatic rings. The first kappa shape index (κ1) is 18.8. The van der Waals surface area contributed by atoms with Crippen LogP contribution in [0.1, 0.15) is 25.3 Å². The summed E-state index contributed by atoms with van der Waals surface area (Å²) >= 11 is 0. The monoisotopic (exact) mass is 367 g/mol. The molecule has 3 aromatic rings. The Morgan fingerprint density at radius 2 is 1.56 bits per heavy atom. The summed E-state index contributed by atoms with van der Waals surface area (Å²) in [6.45, 7) is 2.20. The first-order chi connectivity index (χ1) is 13.2. The van der Waals surface area contributed by atoms with Crippen molar-refractivity contribution < 1.29 is 14.2 Å². The van der Waals surface area contributed by atoms with Crippen LogP contribution in [0.25, 0.3) is 22.5 Å². The molecule has 0 spiro atoms. The van der Waals surface area contributed by atoms with Crippen molar-refractivity contribution in [3.8, 4) is 39.8 Å². The number of ether oxygens (including phenoxy) is 3. The smallest absolute Gasteiger partial charge is 0.164 e. The number of hydrogen-bond acceptors (Lipinski definition) is 5. The van der Waals surface area contributed by atoms with Gasteiger partial charge in [0.05, 0.1) is 32.6 Å². The van der Waals surface area contributed by atoms with Gasteiger partial charge in [0.15, 0.2) is 11.5 Å². The minimum absolute atomic E-state index is 0.600. The molecule has 0 unspecified atom stereocenters. The Balaban J connectivity index is 2.02. The molecule has 2 aromatic carbocycles. The lowest BCUT2D eigenvalue weighted by Gasteiger charge is -2.13. The molecule has 1 aromatic heterocycles. The Hall–Kier alpha value is -3.02. The molecule has 6 nitrogen and oxygen atoms in total. The van der Waals surface area contributed by atoms with Crippen LogP contribution in [-0.4, -0.2) is 36.7 Å². The van der Waals surface area contributed by atoms with E-state index in [1.807, 2.05) is 6.07 Å². The Labute approximate surface area is 159 Å². The summed E-state index contributed by atoms with van der Waals surface area (Å²) in [5.74, 6) is 1.85. The second-order valence-electron chi connectivity index (χ2n) is 6.24. The van der Waals surface area contributed by atoms with Gasteiger partial charge in [0.1, 0.15) is 11.4 Å². The van der Waals surface area contributed by atoms with Crippen LogP contribution in [0.5, 0.6) is 17.2 Å². The first-order valence-electron chi connectivity index (χ1n) is 9.02.